The Labute approximate surface area is 143 Å². The minimum Gasteiger partial charge on any atom is -0.369 e. The molecule has 1 aromatic heterocycles. The lowest BCUT2D eigenvalue weighted by atomic mass is 10.0. The van der Waals surface area contributed by atoms with Crippen LogP contribution in [0.1, 0.15) is 24.0 Å². The Bertz CT molecular complexity index is 770. The quantitative estimate of drug-likeness (QED) is 0.921. The molecule has 1 atom stereocenters. The largest absolute Gasteiger partial charge is 0.417 e. The number of nitrogens with zero attached hydrogens (tertiary/aromatic N) is 4. The fourth-order valence-corrected chi connectivity index (χ4v) is 2.95. The molecule has 1 fully saturated rings. The highest BCUT2D eigenvalue weighted by atomic mass is 19.4. The van der Waals surface area contributed by atoms with Crippen LogP contribution in [0.25, 0.3) is 0 Å². The molecule has 1 aliphatic heterocycles. The molecule has 1 saturated heterocycles. The summed E-state index contributed by atoms with van der Waals surface area (Å²) in [5.41, 5.74) is -0.790. The van der Waals surface area contributed by atoms with Crippen molar-refractivity contribution < 1.29 is 13.2 Å². The number of aromatic nitrogens is 2. The number of nitrogens with one attached hydrogen (secondary N) is 1. The molecule has 1 N–H and O–H groups in total. The number of rotatable bonds is 3. The highest BCUT2D eigenvalue weighted by molar-refractivity contribution is 5.55. The van der Waals surface area contributed by atoms with E-state index in [4.69, 9.17) is 5.26 Å². The molecule has 0 aliphatic carbocycles. The van der Waals surface area contributed by atoms with Crippen LogP contribution in [0.4, 0.5) is 24.8 Å². The molecule has 25 heavy (non-hydrogen) atoms. The van der Waals surface area contributed by atoms with Crippen molar-refractivity contribution >= 4 is 11.6 Å². The molecule has 5 nitrogen and oxygen atoms in total. The summed E-state index contributed by atoms with van der Waals surface area (Å²) in [4.78, 5) is 10.1. The van der Waals surface area contributed by atoms with Crippen molar-refractivity contribution in [3.63, 3.8) is 0 Å². The smallest absolute Gasteiger partial charge is 0.369 e. The number of halogens is 3. The van der Waals surface area contributed by atoms with Crippen molar-refractivity contribution in [2.45, 2.75) is 25.1 Å². The van der Waals surface area contributed by atoms with E-state index in [0.717, 1.165) is 18.9 Å². The first-order valence-corrected chi connectivity index (χ1v) is 7.87. The van der Waals surface area contributed by atoms with E-state index < -0.39 is 11.7 Å². The van der Waals surface area contributed by atoms with Crippen molar-refractivity contribution in [1.82, 2.24) is 9.97 Å². The predicted octanol–water partition coefficient (Wildman–Crippen LogP) is 3.45. The second kappa shape index (κ2) is 6.97. The average molecular weight is 347 g/mol. The van der Waals surface area contributed by atoms with Gasteiger partial charge in [0.05, 0.1) is 17.2 Å². The lowest BCUT2D eigenvalue weighted by Gasteiger charge is -2.35. The first-order valence-electron chi connectivity index (χ1n) is 7.87. The predicted molar refractivity (Wildman–Crippen MR) is 87.0 cm³/mol. The van der Waals surface area contributed by atoms with Gasteiger partial charge in [-0.1, -0.05) is 0 Å². The van der Waals surface area contributed by atoms with Gasteiger partial charge in [0.15, 0.2) is 0 Å². The highest BCUT2D eigenvalue weighted by Gasteiger charge is 2.34. The van der Waals surface area contributed by atoms with Gasteiger partial charge in [0.2, 0.25) is 5.95 Å². The lowest BCUT2D eigenvalue weighted by molar-refractivity contribution is -0.137. The molecule has 1 unspecified atom stereocenters. The summed E-state index contributed by atoms with van der Waals surface area (Å²) in [6.45, 7) is 1.21. The van der Waals surface area contributed by atoms with Crippen LogP contribution in [-0.4, -0.2) is 29.1 Å². The molecule has 1 aromatic carbocycles. The number of benzene rings is 1. The fourth-order valence-electron chi connectivity index (χ4n) is 2.95. The van der Waals surface area contributed by atoms with Gasteiger partial charge in [-0.2, -0.15) is 18.4 Å². The summed E-state index contributed by atoms with van der Waals surface area (Å²) in [6, 6.07) is 7.22. The molecule has 0 saturated carbocycles. The summed E-state index contributed by atoms with van der Waals surface area (Å²) < 4.78 is 39.4. The Morgan fingerprint density at radius 3 is 2.68 bits per heavy atom. The zero-order chi connectivity index (χ0) is 17.9. The van der Waals surface area contributed by atoms with Crippen molar-refractivity contribution in [2.24, 2.45) is 0 Å². The zero-order valence-corrected chi connectivity index (χ0v) is 13.3. The van der Waals surface area contributed by atoms with Gasteiger partial charge in [0.25, 0.3) is 0 Å². The summed E-state index contributed by atoms with van der Waals surface area (Å²) in [6.07, 6.45) is 0.438. The Hall–Kier alpha value is -2.82. The summed E-state index contributed by atoms with van der Waals surface area (Å²) in [5, 5.41) is 12.1. The van der Waals surface area contributed by atoms with E-state index in [2.05, 4.69) is 15.3 Å². The molecule has 0 spiro atoms. The fraction of sp³-hybridized carbons (Fsp3) is 0.353. The van der Waals surface area contributed by atoms with Gasteiger partial charge in [-0.15, -0.1) is 0 Å². The van der Waals surface area contributed by atoms with Crippen LogP contribution in [0.3, 0.4) is 0 Å². The first kappa shape index (κ1) is 17.0. The minimum absolute atomic E-state index is 0.0427. The molecule has 3 rings (SSSR count). The topological polar surface area (TPSA) is 64.8 Å². The second-order valence-corrected chi connectivity index (χ2v) is 5.84. The third kappa shape index (κ3) is 3.99. The number of nitriles is 1. The number of alkyl halides is 3. The molecule has 2 heterocycles. The van der Waals surface area contributed by atoms with Gasteiger partial charge in [-0.25, -0.2) is 9.97 Å². The third-order valence-electron chi connectivity index (χ3n) is 4.11. The van der Waals surface area contributed by atoms with Gasteiger partial charge in [-0.05, 0) is 37.1 Å². The van der Waals surface area contributed by atoms with E-state index in [1.165, 1.54) is 6.07 Å². The molecule has 0 bridgehead atoms. The summed E-state index contributed by atoms with van der Waals surface area (Å²) >= 11 is 0. The van der Waals surface area contributed by atoms with E-state index in [-0.39, 0.29) is 11.6 Å². The lowest BCUT2D eigenvalue weighted by Crippen LogP contribution is -2.42. The summed E-state index contributed by atoms with van der Waals surface area (Å²) in [7, 11) is 0. The van der Waals surface area contributed by atoms with Crippen molar-refractivity contribution in [3.8, 4) is 6.07 Å². The molecule has 130 valence electrons. The third-order valence-corrected chi connectivity index (χ3v) is 4.11. The molecule has 0 radical (unpaired) electrons. The SMILES string of the molecule is N#Cc1ccc(N2CCCC(Nc3ncccn3)C2)cc1C(F)(F)F. The maximum Gasteiger partial charge on any atom is 0.417 e. The molecular weight excluding hydrogens is 331 g/mol. The number of piperidine rings is 1. The molecule has 1 aliphatic rings. The van der Waals surface area contributed by atoms with E-state index in [9.17, 15) is 13.2 Å². The maximum absolute atomic E-state index is 13.1. The van der Waals surface area contributed by atoms with Crippen LogP contribution in [0.15, 0.2) is 36.7 Å². The van der Waals surface area contributed by atoms with Gasteiger partial charge < -0.3 is 10.2 Å². The molecular formula is C17H16F3N5. The second-order valence-electron chi connectivity index (χ2n) is 5.84. The minimum atomic E-state index is -4.55. The molecule has 2 aromatic rings. The Balaban J connectivity index is 1.78. The van der Waals surface area contributed by atoms with Crippen molar-refractivity contribution in [3.05, 3.63) is 47.8 Å². The highest BCUT2D eigenvalue weighted by Crippen LogP contribution is 2.35. The van der Waals surface area contributed by atoms with E-state index >= 15 is 0 Å². The first-order chi connectivity index (χ1) is 12.0. The molecule has 8 heteroatoms. The van der Waals surface area contributed by atoms with E-state index in [1.807, 2.05) is 4.90 Å². The van der Waals surface area contributed by atoms with Crippen LogP contribution in [-0.2, 0) is 6.18 Å². The maximum atomic E-state index is 13.1. The molecule has 0 amide bonds. The summed E-state index contributed by atoms with van der Waals surface area (Å²) in [5.74, 6) is 0.505. The number of hydrogen-bond donors (Lipinski definition) is 1. The van der Waals surface area contributed by atoms with E-state index in [0.29, 0.717) is 24.7 Å². The van der Waals surface area contributed by atoms with Gasteiger partial charge in [-0.3, -0.25) is 0 Å². The Morgan fingerprint density at radius 1 is 1.24 bits per heavy atom. The number of anilines is 2. The van der Waals surface area contributed by atoms with Gasteiger partial charge >= 0.3 is 6.18 Å². The Morgan fingerprint density at radius 2 is 2.00 bits per heavy atom. The van der Waals surface area contributed by atoms with Crippen molar-refractivity contribution in [2.75, 3.05) is 23.3 Å². The normalized spacial score (nSPS) is 17.8. The van der Waals surface area contributed by atoms with Crippen LogP contribution in [0, 0.1) is 11.3 Å². The zero-order valence-electron chi connectivity index (χ0n) is 13.3. The monoisotopic (exact) mass is 347 g/mol. The standard InChI is InChI=1S/C17H16F3N5/c18-17(19,20)15-9-14(5-4-12(15)10-21)25-8-1-3-13(11-25)24-16-22-6-2-7-23-16/h2,4-7,9,13H,1,3,8,11H2,(H,22,23,24). The van der Waals surface area contributed by atoms with Crippen LogP contribution in [0.5, 0.6) is 0 Å². The number of hydrogen-bond acceptors (Lipinski definition) is 5. The van der Waals surface area contributed by atoms with Crippen molar-refractivity contribution in [1.29, 1.82) is 5.26 Å². The van der Waals surface area contributed by atoms with Crippen LogP contribution >= 0.6 is 0 Å². The van der Waals surface area contributed by atoms with E-state index in [1.54, 1.807) is 30.6 Å². The van der Waals surface area contributed by atoms with Gasteiger partial charge in [0.1, 0.15) is 0 Å². The van der Waals surface area contributed by atoms with Gasteiger partial charge in [0, 0.05) is 37.2 Å². The Kier molecular flexibility index (Phi) is 4.74. The average Bonchev–Trinajstić information content (AvgIpc) is 2.61. The van der Waals surface area contributed by atoms with Crippen LogP contribution < -0.4 is 10.2 Å². The van der Waals surface area contributed by atoms with Crippen LogP contribution in [0.2, 0.25) is 0 Å².